The first kappa shape index (κ1) is 21.1. The molecule has 0 radical (unpaired) electrons. The highest BCUT2D eigenvalue weighted by atomic mass is 16.7. The van der Waals surface area contributed by atoms with Gasteiger partial charge in [0.05, 0.1) is 17.4 Å². The van der Waals surface area contributed by atoms with Gasteiger partial charge >= 0.3 is 11.9 Å². The molecule has 0 aromatic carbocycles. The molecule has 2 heterocycles. The van der Waals surface area contributed by atoms with Crippen LogP contribution in [0, 0.1) is 34.0 Å². The number of hydrogen-bond donors (Lipinski definition) is 1. The predicted octanol–water partition coefficient (Wildman–Crippen LogP) is 2.55. The molecule has 2 aliphatic heterocycles. The standard InChI is InChI=1S/C24H32O7/c1-12-15-6-7-16-22-11-29-24(28,23(16,10-15)19(12)30-13(2)25)20(31-14(3)26)18(22)21(4,5)9-8-17(22)27/h15-16,18-20,28H,1,6-11H2,2-5H3/t15-,16+,18-,19-,20+,22-,23+,24-/m1/s1. The second-order valence-electron chi connectivity index (χ2n) is 11.1. The Morgan fingerprint density at radius 2 is 1.84 bits per heavy atom. The highest BCUT2D eigenvalue weighted by Crippen LogP contribution is 2.77. The van der Waals surface area contributed by atoms with Gasteiger partial charge in [0.2, 0.25) is 5.79 Å². The SMILES string of the molecule is C=C1[C@@H]2CC[C@H]3[C@@]45CO[C@](O)([C@@H](OC(C)=O)[C@@H]4C(C)(C)CCC5=O)[C@]3(C2)[C@@H]1OC(C)=O. The molecule has 31 heavy (non-hydrogen) atoms. The molecule has 170 valence electrons. The van der Waals surface area contributed by atoms with Crippen molar-refractivity contribution in [2.45, 2.75) is 77.8 Å². The third-order valence-electron chi connectivity index (χ3n) is 9.34. The summed E-state index contributed by atoms with van der Waals surface area (Å²) in [4.78, 5) is 38.0. The molecular weight excluding hydrogens is 400 g/mol. The van der Waals surface area contributed by atoms with E-state index in [0.717, 1.165) is 18.4 Å². The molecule has 2 spiro atoms. The van der Waals surface area contributed by atoms with Crippen molar-refractivity contribution < 1.29 is 33.7 Å². The Morgan fingerprint density at radius 3 is 2.48 bits per heavy atom. The number of carbonyl (C=O) groups excluding carboxylic acids is 3. The highest BCUT2D eigenvalue weighted by molar-refractivity contribution is 5.88. The molecule has 6 aliphatic rings. The van der Waals surface area contributed by atoms with Crippen molar-refractivity contribution in [1.82, 2.24) is 0 Å². The number of ketones is 1. The Morgan fingerprint density at radius 1 is 1.16 bits per heavy atom. The van der Waals surface area contributed by atoms with Crippen LogP contribution in [0.1, 0.15) is 59.8 Å². The maximum absolute atomic E-state index is 13.7. The van der Waals surface area contributed by atoms with Crippen molar-refractivity contribution >= 4 is 17.7 Å². The number of aliphatic hydroxyl groups is 1. The topological polar surface area (TPSA) is 99.1 Å². The molecule has 0 aromatic rings. The summed E-state index contributed by atoms with van der Waals surface area (Å²) in [6, 6.07) is 0. The van der Waals surface area contributed by atoms with Crippen LogP contribution < -0.4 is 0 Å². The first-order valence-electron chi connectivity index (χ1n) is 11.3. The zero-order valence-corrected chi connectivity index (χ0v) is 18.7. The number of ether oxygens (including phenoxy) is 3. The predicted molar refractivity (Wildman–Crippen MR) is 108 cm³/mol. The van der Waals surface area contributed by atoms with Crippen LogP contribution in [-0.4, -0.2) is 47.4 Å². The van der Waals surface area contributed by atoms with Gasteiger partial charge in [-0.1, -0.05) is 20.4 Å². The number of carbonyl (C=O) groups is 3. The molecular formula is C24H32O7. The quantitative estimate of drug-likeness (QED) is 0.529. The Labute approximate surface area is 182 Å². The molecule has 4 saturated carbocycles. The van der Waals surface area contributed by atoms with E-state index < -0.39 is 40.8 Å². The van der Waals surface area contributed by atoms with Crippen LogP contribution in [0.4, 0.5) is 0 Å². The van der Waals surface area contributed by atoms with Gasteiger partial charge in [-0.05, 0) is 48.5 Å². The molecule has 7 heteroatoms. The number of Topliss-reactive ketones (excluding diaryl/α,β-unsaturated/α-hetero) is 1. The van der Waals surface area contributed by atoms with Crippen LogP contribution in [0.25, 0.3) is 0 Å². The lowest BCUT2D eigenvalue weighted by Gasteiger charge is -2.73. The van der Waals surface area contributed by atoms with Crippen molar-refractivity contribution in [3.05, 3.63) is 12.2 Å². The van der Waals surface area contributed by atoms with Crippen LogP contribution in [0.2, 0.25) is 0 Å². The van der Waals surface area contributed by atoms with Crippen LogP contribution in [0.5, 0.6) is 0 Å². The number of esters is 2. The molecule has 0 amide bonds. The van der Waals surface area contributed by atoms with Crippen molar-refractivity contribution in [1.29, 1.82) is 0 Å². The fourth-order valence-corrected chi connectivity index (χ4v) is 8.40. The van der Waals surface area contributed by atoms with Gasteiger partial charge in [-0.3, -0.25) is 14.4 Å². The number of fused-ring (bicyclic) bond motifs is 2. The molecule has 7 nitrogen and oxygen atoms in total. The summed E-state index contributed by atoms with van der Waals surface area (Å²) in [5.41, 5.74) is -1.52. The summed E-state index contributed by atoms with van der Waals surface area (Å²) in [5.74, 6) is -3.29. The van der Waals surface area contributed by atoms with E-state index in [-0.39, 0.29) is 35.6 Å². The lowest BCUT2D eigenvalue weighted by molar-refractivity contribution is -0.445. The lowest BCUT2D eigenvalue weighted by atomic mass is 9.36. The van der Waals surface area contributed by atoms with Crippen LogP contribution in [-0.2, 0) is 28.6 Å². The molecule has 2 saturated heterocycles. The van der Waals surface area contributed by atoms with Gasteiger partial charge in [0.15, 0.2) is 6.10 Å². The maximum Gasteiger partial charge on any atom is 0.303 e. The van der Waals surface area contributed by atoms with Crippen LogP contribution in [0.3, 0.4) is 0 Å². The third kappa shape index (κ3) is 2.29. The maximum atomic E-state index is 13.7. The fraction of sp³-hybridized carbons (Fsp3) is 0.792. The van der Waals surface area contributed by atoms with E-state index in [1.165, 1.54) is 13.8 Å². The Bertz CT molecular complexity index is 892. The van der Waals surface area contributed by atoms with Gasteiger partial charge in [0.1, 0.15) is 11.9 Å². The summed E-state index contributed by atoms with van der Waals surface area (Å²) in [5, 5.41) is 12.3. The van der Waals surface area contributed by atoms with Gasteiger partial charge in [0, 0.05) is 26.2 Å². The van der Waals surface area contributed by atoms with Crippen molar-refractivity contribution in [3.63, 3.8) is 0 Å². The normalized spacial score (nSPS) is 49.3. The molecule has 1 N–H and O–H groups in total. The third-order valence-corrected chi connectivity index (χ3v) is 9.34. The zero-order valence-electron chi connectivity index (χ0n) is 18.7. The summed E-state index contributed by atoms with van der Waals surface area (Å²) >= 11 is 0. The molecule has 4 bridgehead atoms. The molecule has 6 fully saturated rings. The van der Waals surface area contributed by atoms with Gasteiger partial charge in [-0.2, -0.15) is 0 Å². The summed E-state index contributed by atoms with van der Waals surface area (Å²) in [6.45, 7) is 11.2. The van der Waals surface area contributed by atoms with E-state index in [0.29, 0.717) is 19.3 Å². The average Bonchev–Trinajstić information content (AvgIpc) is 2.87. The smallest absolute Gasteiger partial charge is 0.303 e. The van der Waals surface area contributed by atoms with E-state index in [4.69, 9.17) is 14.2 Å². The van der Waals surface area contributed by atoms with Gasteiger partial charge in [0.25, 0.3) is 0 Å². The average molecular weight is 433 g/mol. The second kappa shape index (κ2) is 6.19. The largest absolute Gasteiger partial charge is 0.457 e. The Kier molecular flexibility index (Phi) is 4.22. The summed E-state index contributed by atoms with van der Waals surface area (Å²) in [7, 11) is 0. The fourth-order valence-electron chi connectivity index (χ4n) is 8.40. The van der Waals surface area contributed by atoms with E-state index >= 15 is 0 Å². The number of hydrogen-bond acceptors (Lipinski definition) is 7. The zero-order chi connectivity index (χ0) is 22.6. The Balaban J connectivity index is 1.78. The van der Waals surface area contributed by atoms with E-state index in [1.807, 2.05) is 0 Å². The first-order valence-corrected chi connectivity index (χ1v) is 11.3. The van der Waals surface area contributed by atoms with Crippen LogP contribution in [0.15, 0.2) is 12.2 Å². The number of rotatable bonds is 2. The van der Waals surface area contributed by atoms with E-state index in [1.54, 1.807) is 0 Å². The van der Waals surface area contributed by atoms with Gasteiger partial charge in [-0.25, -0.2) is 0 Å². The minimum atomic E-state index is -1.86. The summed E-state index contributed by atoms with van der Waals surface area (Å²) < 4.78 is 17.8. The minimum absolute atomic E-state index is 0.0621. The van der Waals surface area contributed by atoms with Crippen molar-refractivity contribution in [2.75, 3.05) is 6.61 Å². The van der Waals surface area contributed by atoms with E-state index in [9.17, 15) is 19.5 Å². The molecule has 8 atom stereocenters. The first-order chi connectivity index (χ1) is 14.4. The molecule has 0 aromatic heterocycles. The molecule has 0 unspecified atom stereocenters. The molecule has 6 rings (SSSR count). The van der Waals surface area contributed by atoms with Crippen molar-refractivity contribution in [2.24, 2.45) is 34.0 Å². The van der Waals surface area contributed by atoms with Crippen LogP contribution >= 0.6 is 0 Å². The summed E-state index contributed by atoms with van der Waals surface area (Å²) in [6.07, 6.45) is 1.35. The second-order valence-corrected chi connectivity index (χ2v) is 11.1. The van der Waals surface area contributed by atoms with Crippen molar-refractivity contribution in [3.8, 4) is 0 Å². The minimum Gasteiger partial charge on any atom is -0.457 e. The van der Waals surface area contributed by atoms with E-state index in [2.05, 4.69) is 20.4 Å². The monoisotopic (exact) mass is 432 g/mol. The highest BCUT2D eigenvalue weighted by Gasteiger charge is 2.85. The molecule has 4 aliphatic carbocycles. The Hall–Kier alpha value is -1.73. The lowest BCUT2D eigenvalue weighted by Crippen LogP contribution is -2.84. The van der Waals surface area contributed by atoms with Gasteiger partial charge < -0.3 is 19.3 Å². The van der Waals surface area contributed by atoms with Gasteiger partial charge in [-0.15, -0.1) is 0 Å².